The highest BCUT2D eigenvalue weighted by Crippen LogP contribution is 2.28. The number of aromatic nitrogens is 4. The Morgan fingerprint density at radius 2 is 1.81 bits per heavy atom. The standard InChI is InChI=1S/C18H13ClN5O2S/c1-27(25,26)12-5-2-10(3-6-12)15-9-21-17(20)16(22-15)18-23-13-7-4-11(19)8-14(13)24-18/h2-9,20H,1H3,(H,23,24). The van der Waals surface area contributed by atoms with Crippen LogP contribution in [-0.4, -0.2) is 34.6 Å². The molecule has 0 spiro atoms. The highest BCUT2D eigenvalue weighted by Gasteiger charge is 2.14. The van der Waals surface area contributed by atoms with E-state index < -0.39 is 9.84 Å². The van der Waals surface area contributed by atoms with E-state index in [4.69, 9.17) is 17.3 Å². The van der Waals surface area contributed by atoms with Gasteiger partial charge in [-0.2, -0.15) is 0 Å². The third-order valence-corrected chi connectivity index (χ3v) is 5.38. The van der Waals surface area contributed by atoms with Crippen LogP contribution in [0.25, 0.3) is 33.8 Å². The molecule has 7 nitrogen and oxygen atoms in total. The van der Waals surface area contributed by atoms with Gasteiger partial charge in [-0.1, -0.05) is 23.7 Å². The van der Waals surface area contributed by atoms with Gasteiger partial charge in [0, 0.05) is 16.8 Å². The number of nitrogens with zero attached hydrogens (tertiary/aromatic N) is 3. The molecule has 2 N–H and O–H groups in total. The minimum Gasteiger partial charge on any atom is -0.336 e. The fourth-order valence-corrected chi connectivity index (χ4v) is 3.46. The number of fused-ring (bicyclic) bond motifs is 1. The molecular formula is C18H13ClN5O2S. The summed E-state index contributed by atoms with van der Waals surface area (Å²) in [5.41, 5.74) is 11.0. The van der Waals surface area contributed by atoms with Gasteiger partial charge in [0.05, 0.1) is 27.8 Å². The highest BCUT2D eigenvalue weighted by molar-refractivity contribution is 7.90. The maximum absolute atomic E-state index is 11.6. The molecule has 0 saturated heterocycles. The molecule has 0 amide bonds. The number of H-pyrrole nitrogens is 1. The van der Waals surface area contributed by atoms with Crippen molar-refractivity contribution in [3.05, 3.63) is 53.7 Å². The van der Waals surface area contributed by atoms with Crippen LogP contribution in [0.15, 0.2) is 53.6 Å². The first-order chi connectivity index (χ1) is 12.8. The van der Waals surface area contributed by atoms with Crippen molar-refractivity contribution in [2.24, 2.45) is 0 Å². The van der Waals surface area contributed by atoms with Crippen LogP contribution in [0.3, 0.4) is 0 Å². The normalized spacial score (nSPS) is 11.8. The largest absolute Gasteiger partial charge is 0.336 e. The lowest BCUT2D eigenvalue weighted by Crippen LogP contribution is -1.97. The van der Waals surface area contributed by atoms with Gasteiger partial charge in [0.2, 0.25) is 0 Å². The van der Waals surface area contributed by atoms with E-state index in [-0.39, 0.29) is 10.7 Å². The van der Waals surface area contributed by atoms with Gasteiger partial charge in [-0.3, -0.25) is 5.73 Å². The molecular weight excluding hydrogens is 386 g/mol. The number of nitrogens with one attached hydrogen (secondary N) is 2. The number of hydrogen-bond acceptors (Lipinski definition) is 5. The molecule has 2 aromatic carbocycles. The third kappa shape index (κ3) is 3.36. The van der Waals surface area contributed by atoms with E-state index in [0.29, 0.717) is 33.3 Å². The Balaban J connectivity index is 1.79. The lowest BCUT2D eigenvalue weighted by atomic mass is 10.1. The van der Waals surface area contributed by atoms with Crippen molar-refractivity contribution in [1.29, 1.82) is 0 Å². The van der Waals surface area contributed by atoms with Gasteiger partial charge >= 0.3 is 0 Å². The second-order valence-electron chi connectivity index (χ2n) is 6.00. The monoisotopic (exact) mass is 398 g/mol. The van der Waals surface area contributed by atoms with E-state index in [0.717, 1.165) is 11.8 Å². The van der Waals surface area contributed by atoms with Crippen molar-refractivity contribution in [3.8, 4) is 22.8 Å². The van der Waals surface area contributed by atoms with Gasteiger partial charge in [0.25, 0.3) is 0 Å². The fraction of sp³-hybridized carbons (Fsp3) is 0.0556. The van der Waals surface area contributed by atoms with Crippen LogP contribution >= 0.6 is 11.6 Å². The molecule has 0 fully saturated rings. The Bertz CT molecular complexity index is 1270. The summed E-state index contributed by atoms with van der Waals surface area (Å²) in [6.07, 6.45) is 2.63. The molecule has 0 atom stereocenters. The maximum atomic E-state index is 11.6. The summed E-state index contributed by atoms with van der Waals surface area (Å²) in [5.74, 6) is 0.399. The minimum absolute atomic E-state index is 0.0170. The number of imidazole rings is 1. The SMILES string of the molecule is CS(=O)(=O)c1ccc(-c2cnc([NH])c(-c3nc4ccc(Cl)cc4[nH]3)n2)cc1. The molecule has 1 radical (unpaired) electrons. The molecule has 4 rings (SSSR count). The van der Waals surface area contributed by atoms with Gasteiger partial charge < -0.3 is 4.98 Å². The molecule has 135 valence electrons. The molecule has 0 saturated carbocycles. The Labute approximate surface area is 160 Å². The van der Waals surface area contributed by atoms with Gasteiger partial charge in [-0.05, 0) is 30.3 Å². The van der Waals surface area contributed by atoms with E-state index in [1.807, 2.05) is 0 Å². The molecule has 0 aliphatic rings. The number of benzene rings is 2. The lowest BCUT2D eigenvalue weighted by Gasteiger charge is -2.05. The molecule has 0 bridgehead atoms. The summed E-state index contributed by atoms with van der Waals surface area (Å²) >= 11 is 6.00. The van der Waals surface area contributed by atoms with E-state index in [2.05, 4.69) is 19.9 Å². The first-order valence-corrected chi connectivity index (χ1v) is 10.1. The molecule has 27 heavy (non-hydrogen) atoms. The first-order valence-electron chi connectivity index (χ1n) is 7.86. The summed E-state index contributed by atoms with van der Waals surface area (Å²) in [6.45, 7) is 0. The predicted octanol–water partition coefficient (Wildman–Crippen LogP) is 3.66. The van der Waals surface area contributed by atoms with Crippen LogP contribution in [0.4, 0.5) is 5.82 Å². The Morgan fingerprint density at radius 1 is 1.07 bits per heavy atom. The summed E-state index contributed by atoms with van der Waals surface area (Å²) < 4.78 is 23.2. The summed E-state index contributed by atoms with van der Waals surface area (Å²) in [4.78, 5) is 16.4. The second-order valence-corrected chi connectivity index (χ2v) is 8.45. The zero-order chi connectivity index (χ0) is 19.2. The first kappa shape index (κ1) is 17.4. The average molecular weight is 399 g/mol. The van der Waals surface area contributed by atoms with Gasteiger partial charge in [-0.25, -0.2) is 23.4 Å². The quantitative estimate of drug-likeness (QED) is 0.565. The smallest absolute Gasteiger partial charge is 0.175 e. The second kappa shape index (κ2) is 6.33. The lowest BCUT2D eigenvalue weighted by molar-refractivity contribution is 0.602. The molecule has 9 heteroatoms. The topological polar surface area (TPSA) is 112 Å². The molecule has 0 aliphatic heterocycles. The number of rotatable bonds is 3. The fourth-order valence-electron chi connectivity index (χ4n) is 2.66. The van der Waals surface area contributed by atoms with Crippen LogP contribution in [-0.2, 0) is 9.84 Å². The van der Waals surface area contributed by atoms with Crippen LogP contribution in [0, 0.1) is 0 Å². The Hall–Kier alpha value is -2.97. The maximum Gasteiger partial charge on any atom is 0.175 e. The van der Waals surface area contributed by atoms with Crippen molar-refractivity contribution in [2.45, 2.75) is 4.90 Å². The van der Waals surface area contributed by atoms with Crippen molar-refractivity contribution >= 4 is 38.3 Å². The molecule has 0 unspecified atom stereocenters. The number of halogens is 1. The zero-order valence-corrected chi connectivity index (χ0v) is 15.6. The van der Waals surface area contributed by atoms with E-state index in [1.165, 1.54) is 18.3 Å². The van der Waals surface area contributed by atoms with E-state index in [9.17, 15) is 8.42 Å². The van der Waals surface area contributed by atoms with Crippen LogP contribution < -0.4 is 5.73 Å². The minimum atomic E-state index is -3.27. The van der Waals surface area contributed by atoms with Crippen molar-refractivity contribution in [1.82, 2.24) is 25.7 Å². The van der Waals surface area contributed by atoms with Crippen LogP contribution in [0.1, 0.15) is 0 Å². The van der Waals surface area contributed by atoms with Crippen molar-refractivity contribution < 1.29 is 8.42 Å². The van der Waals surface area contributed by atoms with Gasteiger partial charge in [-0.15, -0.1) is 0 Å². The third-order valence-electron chi connectivity index (χ3n) is 4.02. The van der Waals surface area contributed by atoms with Crippen molar-refractivity contribution in [3.63, 3.8) is 0 Å². The molecule has 2 heterocycles. The van der Waals surface area contributed by atoms with Crippen molar-refractivity contribution in [2.75, 3.05) is 6.26 Å². The molecule has 2 aromatic heterocycles. The molecule has 4 aromatic rings. The number of sulfone groups is 1. The number of hydrogen-bond donors (Lipinski definition) is 1. The predicted molar refractivity (Wildman–Crippen MR) is 103 cm³/mol. The van der Waals surface area contributed by atoms with Crippen LogP contribution in [0.2, 0.25) is 5.02 Å². The van der Waals surface area contributed by atoms with Crippen LogP contribution in [0.5, 0.6) is 0 Å². The summed E-state index contributed by atoms with van der Waals surface area (Å²) in [5, 5.41) is 0.578. The van der Waals surface area contributed by atoms with Gasteiger partial charge in [0.1, 0.15) is 0 Å². The Kier molecular flexibility index (Phi) is 4.09. The summed E-state index contributed by atoms with van der Waals surface area (Å²) in [7, 11) is -3.27. The van der Waals surface area contributed by atoms with Gasteiger partial charge in [0.15, 0.2) is 27.2 Å². The average Bonchev–Trinajstić information content (AvgIpc) is 3.04. The summed E-state index contributed by atoms with van der Waals surface area (Å²) in [6, 6.07) is 11.6. The molecule has 0 aliphatic carbocycles. The Morgan fingerprint density at radius 3 is 2.52 bits per heavy atom. The highest BCUT2D eigenvalue weighted by atomic mass is 35.5. The van der Waals surface area contributed by atoms with E-state index >= 15 is 0 Å². The van der Waals surface area contributed by atoms with E-state index in [1.54, 1.807) is 30.3 Å². The number of aromatic amines is 1. The zero-order valence-electron chi connectivity index (χ0n) is 14.1.